The zero-order valence-electron chi connectivity index (χ0n) is 37.2. The van der Waals surface area contributed by atoms with E-state index < -0.39 is 86.3 Å². The molecular weight excluding hydrogens is 816 g/mol. The number of ether oxygens (including phenoxy) is 7. The maximum Gasteiger partial charge on any atom is 0.338 e. The van der Waals surface area contributed by atoms with E-state index in [1.54, 1.807) is 12.1 Å². The lowest BCUT2D eigenvalue weighted by Crippen LogP contribution is -2.44. The summed E-state index contributed by atoms with van der Waals surface area (Å²) in [4.78, 5) is 75.2. The van der Waals surface area contributed by atoms with Crippen molar-refractivity contribution in [2.75, 3.05) is 40.6 Å². The Labute approximate surface area is 369 Å². The molecule has 0 aromatic heterocycles. The van der Waals surface area contributed by atoms with Gasteiger partial charge in [-0.2, -0.15) is 0 Å². The highest BCUT2D eigenvalue weighted by atomic mass is 19.1. The quantitative estimate of drug-likeness (QED) is 0.0305. The van der Waals surface area contributed by atoms with E-state index >= 15 is 4.39 Å². The van der Waals surface area contributed by atoms with Crippen molar-refractivity contribution >= 4 is 35.8 Å². The van der Waals surface area contributed by atoms with E-state index in [4.69, 9.17) is 23.7 Å². The van der Waals surface area contributed by atoms with Crippen LogP contribution in [0.5, 0.6) is 11.5 Å². The predicted molar refractivity (Wildman–Crippen MR) is 233 cm³/mol. The van der Waals surface area contributed by atoms with Crippen LogP contribution >= 0.6 is 0 Å². The molecule has 13 nitrogen and oxygen atoms in total. The van der Waals surface area contributed by atoms with Gasteiger partial charge in [0.25, 0.3) is 0 Å². The number of hydrogen-bond donors (Lipinski definition) is 0. The molecule has 1 saturated carbocycles. The fourth-order valence-electron chi connectivity index (χ4n) is 6.91. The van der Waals surface area contributed by atoms with Crippen molar-refractivity contribution in [1.82, 2.24) is 0 Å². The Kier molecular flexibility index (Phi) is 20.5. The number of benzene rings is 2. The minimum absolute atomic E-state index is 0.0305. The highest BCUT2D eigenvalue weighted by Crippen LogP contribution is 2.41. The first-order valence-electron chi connectivity index (χ1n) is 21.0. The second-order valence-corrected chi connectivity index (χ2v) is 16.1. The van der Waals surface area contributed by atoms with Crippen molar-refractivity contribution in [3.8, 4) is 22.6 Å². The summed E-state index contributed by atoms with van der Waals surface area (Å²) in [5.41, 5.74) is -0.610. The maximum absolute atomic E-state index is 16.1. The van der Waals surface area contributed by atoms with Crippen LogP contribution in [-0.2, 0) is 52.5 Å². The van der Waals surface area contributed by atoms with E-state index in [1.165, 1.54) is 64.2 Å². The Hall–Kier alpha value is -6.05. The number of rotatable bonds is 25. The number of unbranched alkanes of at least 4 members (excludes halogenated alkanes) is 3. The summed E-state index contributed by atoms with van der Waals surface area (Å²) in [6.45, 7) is 17.1. The molecule has 1 aliphatic carbocycles. The number of methoxy groups -OCH3 is 2. The van der Waals surface area contributed by atoms with Crippen LogP contribution in [0.25, 0.3) is 11.1 Å². The van der Waals surface area contributed by atoms with E-state index in [2.05, 4.69) is 42.7 Å². The van der Waals surface area contributed by atoms with Crippen LogP contribution in [0.2, 0.25) is 0 Å². The zero-order chi connectivity index (χ0) is 46.7. The van der Waals surface area contributed by atoms with E-state index in [0.717, 1.165) is 45.5 Å². The molecular formula is C49H61FO13. The Bertz CT molecular complexity index is 1980. The topological polar surface area (TPSA) is 167 Å². The van der Waals surface area contributed by atoms with Crippen LogP contribution in [0.15, 0.2) is 85.0 Å². The highest BCUT2D eigenvalue weighted by Gasteiger charge is 2.38. The highest BCUT2D eigenvalue weighted by molar-refractivity contribution is 5.94. The van der Waals surface area contributed by atoms with Crippen molar-refractivity contribution < 1.29 is 66.3 Å². The van der Waals surface area contributed by atoms with Gasteiger partial charge in [0.1, 0.15) is 49.2 Å². The van der Waals surface area contributed by atoms with Crippen LogP contribution in [-0.4, -0.2) is 76.5 Å². The Morgan fingerprint density at radius 1 is 0.667 bits per heavy atom. The van der Waals surface area contributed by atoms with Gasteiger partial charge in [-0.3, -0.25) is 9.59 Å². The second-order valence-electron chi connectivity index (χ2n) is 16.1. The summed E-state index contributed by atoms with van der Waals surface area (Å²) >= 11 is 0. The molecule has 1 fully saturated rings. The monoisotopic (exact) mass is 876 g/mol. The van der Waals surface area contributed by atoms with Gasteiger partial charge in [0.05, 0.1) is 27.1 Å². The molecule has 63 heavy (non-hydrogen) atoms. The van der Waals surface area contributed by atoms with Crippen molar-refractivity contribution in [2.24, 2.45) is 11.3 Å². The molecule has 3 rings (SSSR count). The average Bonchev–Trinajstić information content (AvgIpc) is 3.26. The average molecular weight is 877 g/mol. The van der Waals surface area contributed by atoms with Gasteiger partial charge in [-0.25, -0.2) is 23.6 Å². The van der Waals surface area contributed by atoms with Crippen molar-refractivity contribution in [3.05, 3.63) is 96.4 Å². The molecule has 0 N–H and O–H groups in total. The van der Waals surface area contributed by atoms with Crippen LogP contribution in [0, 0.1) is 17.2 Å². The number of carbonyl (C=O) groups is 6. The van der Waals surface area contributed by atoms with Crippen LogP contribution in [0.4, 0.5) is 4.39 Å². The third kappa shape index (κ3) is 16.3. The number of esters is 6. The lowest BCUT2D eigenvalue weighted by Gasteiger charge is -2.32. The van der Waals surface area contributed by atoms with Crippen LogP contribution in [0.1, 0.15) is 103 Å². The number of hydrogen-bond acceptors (Lipinski definition) is 13. The smallest absolute Gasteiger partial charge is 0.338 e. The summed E-state index contributed by atoms with van der Waals surface area (Å²) in [7, 11) is 2.23. The molecule has 2 aromatic rings. The van der Waals surface area contributed by atoms with Crippen molar-refractivity contribution in [1.29, 1.82) is 0 Å². The van der Waals surface area contributed by atoms with Gasteiger partial charge in [-0.1, -0.05) is 77.5 Å². The van der Waals surface area contributed by atoms with Crippen molar-refractivity contribution in [3.63, 3.8) is 0 Å². The molecule has 0 amide bonds. The molecule has 2 aromatic carbocycles. The molecule has 0 saturated heterocycles. The summed E-state index contributed by atoms with van der Waals surface area (Å²) in [6.07, 6.45) is 9.29. The Morgan fingerprint density at radius 2 is 1.22 bits per heavy atom. The third-order valence-electron chi connectivity index (χ3n) is 10.7. The van der Waals surface area contributed by atoms with Crippen LogP contribution in [0.3, 0.4) is 0 Å². The predicted octanol–water partition coefficient (Wildman–Crippen LogP) is 9.03. The van der Waals surface area contributed by atoms with Gasteiger partial charge >= 0.3 is 35.8 Å². The molecule has 1 aliphatic rings. The summed E-state index contributed by atoms with van der Waals surface area (Å²) in [6, 6.07) is 9.48. The van der Waals surface area contributed by atoms with Gasteiger partial charge < -0.3 is 33.2 Å². The van der Waals surface area contributed by atoms with E-state index in [1.807, 2.05) is 6.07 Å². The molecule has 0 unspecified atom stereocenters. The van der Waals surface area contributed by atoms with Crippen molar-refractivity contribution in [2.45, 2.75) is 97.3 Å². The summed E-state index contributed by atoms with van der Waals surface area (Å²) < 4.78 is 53.6. The minimum Gasteiger partial charge on any atom is -0.492 e. The first-order valence-corrected chi connectivity index (χ1v) is 21.0. The van der Waals surface area contributed by atoms with Crippen LogP contribution < -0.4 is 9.47 Å². The summed E-state index contributed by atoms with van der Waals surface area (Å²) in [5, 5.41) is 0. The van der Waals surface area contributed by atoms with Gasteiger partial charge in [0.15, 0.2) is 0 Å². The molecule has 342 valence electrons. The lowest BCUT2D eigenvalue weighted by atomic mass is 9.77. The Balaban J connectivity index is 1.96. The van der Waals surface area contributed by atoms with E-state index in [9.17, 15) is 28.8 Å². The lowest BCUT2D eigenvalue weighted by molar-refractivity contribution is -0.163. The largest absolute Gasteiger partial charge is 0.492 e. The Morgan fingerprint density at radius 3 is 1.75 bits per heavy atom. The zero-order valence-corrected chi connectivity index (χ0v) is 37.2. The first-order chi connectivity index (χ1) is 29.9. The van der Waals surface area contributed by atoms with Gasteiger partial charge in [0.2, 0.25) is 0 Å². The molecule has 0 atom stereocenters. The molecule has 0 spiro atoms. The standard InChI is InChI=1S/C49H61FO13/c1-10-11-12-13-14-35-15-17-36(18-16-35)37-19-21-39(41(50)25-37)40-22-20-38(26-42(40)63-46(54)32(4)5)59-27-49(30-62-45(53)31(2)3,28-60-43(51)23-33(6)47(55)57-8)29-61-44(52)24-34(7)48(56)58-9/h19-22,25-26,35-36H,2,4,6-7,10-18,23-24,27-30H2,1,3,5,8-9H3. The molecule has 0 radical (unpaired) electrons. The van der Waals surface area contributed by atoms with E-state index in [-0.39, 0.29) is 50.8 Å². The maximum atomic E-state index is 16.1. The fourth-order valence-corrected chi connectivity index (χ4v) is 6.91. The van der Waals surface area contributed by atoms with Gasteiger partial charge in [0, 0.05) is 39.5 Å². The minimum atomic E-state index is -1.65. The molecule has 0 heterocycles. The molecule has 14 heteroatoms. The molecule has 0 bridgehead atoms. The first kappa shape index (κ1) is 51.3. The van der Waals surface area contributed by atoms with Gasteiger partial charge in [-0.05, 0) is 75.1 Å². The molecule has 0 aliphatic heterocycles. The van der Waals surface area contributed by atoms with Gasteiger partial charge in [-0.15, -0.1) is 0 Å². The second kappa shape index (κ2) is 25.2. The fraction of sp³-hybridized carbons (Fsp3) is 0.469. The number of halogens is 1. The third-order valence-corrected chi connectivity index (χ3v) is 10.7. The SMILES string of the molecule is C=C(C)C(=O)OCC(COC(=O)CC(=C)C(=O)OC)(COC(=O)CC(=C)C(=O)OC)COc1ccc(-c2ccc(C3CCC(CCCCCC)CC3)cc2F)c(OC(=O)C(=C)C)c1. The van der Waals surface area contributed by atoms with E-state index in [0.29, 0.717) is 5.92 Å². The number of carbonyl (C=O) groups excluding carboxylic acids is 6. The normalized spacial score (nSPS) is 14.6. The summed E-state index contributed by atoms with van der Waals surface area (Å²) in [5.74, 6) is -4.70.